The van der Waals surface area contributed by atoms with Crippen molar-refractivity contribution >= 4 is 63.7 Å². The van der Waals surface area contributed by atoms with Crippen LogP contribution in [-0.2, 0) is 0 Å². The summed E-state index contributed by atoms with van der Waals surface area (Å²) in [7, 11) is 0. The Morgan fingerprint density at radius 1 is 0.950 bits per heavy atom. The van der Waals surface area contributed by atoms with Crippen LogP contribution < -0.4 is 5.73 Å². The molecule has 1 aromatic heterocycles. The summed E-state index contributed by atoms with van der Waals surface area (Å²) in [6, 6.07) is 3.39. The third-order valence-corrected chi connectivity index (χ3v) is 4.80. The first kappa shape index (κ1) is 15.5. The number of nitrogens with two attached hydrogens (primary N) is 1. The van der Waals surface area contributed by atoms with E-state index in [4.69, 9.17) is 69.0 Å². The Balaban J connectivity index is 2.81. The molecule has 0 aliphatic carbocycles. The number of hydrogen-bond donors (Lipinski definition) is 1. The normalized spacial score (nSPS) is 10.4. The number of nitrogen functional groups attached to an aromatic ring is 1. The molecule has 0 saturated heterocycles. The van der Waals surface area contributed by atoms with Gasteiger partial charge in [0.15, 0.2) is 0 Å². The van der Waals surface area contributed by atoms with E-state index in [1.54, 1.807) is 0 Å². The Morgan fingerprint density at radius 3 is 1.95 bits per heavy atom. The second kappa shape index (κ2) is 5.85. The largest absolute Gasteiger partial charge is 0.396 e. The molecule has 2 rings (SSSR count). The summed E-state index contributed by atoms with van der Waals surface area (Å²) in [5.74, 6) is 0. The van der Waals surface area contributed by atoms with Gasteiger partial charge in [0, 0.05) is 5.56 Å². The van der Waals surface area contributed by atoms with Crippen molar-refractivity contribution in [2.45, 2.75) is 0 Å². The highest BCUT2D eigenvalue weighted by atomic mass is 35.5. The van der Waals surface area contributed by atoms with Gasteiger partial charge in [-0.15, -0.1) is 0 Å². The van der Waals surface area contributed by atoms with Gasteiger partial charge in [-0.2, -0.15) is 5.26 Å². The molecule has 3 nitrogen and oxygen atoms in total. The smallest absolute Gasteiger partial charge is 0.101 e. The molecule has 1 heterocycles. The Kier molecular flexibility index (Phi) is 4.53. The molecule has 102 valence electrons. The van der Waals surface area contributed by atoms with E-state index in [0.29, 0.717) is 11.3 Å². The third kappa shape index (κ3) is 2.50. The number of nitriles is 1. The van der Waals surface area contributed by atoms with Crippen LogP contribution in [0.4, 0.5) is 5.69 Å². The van der Waals surface area contributed by atoms with E-state index in [1.807, 2.05) is 6.07 Å². The first-order valence-corrected chi connectivity index (χ1v) is 6.94. The molecule has 1 aromatic carbocycles. The standard InChI is InChI=1S/C12H4Cl5N3/c13-8-7(9(14)11(16)12(17)10(8)15)6-1-4(2-18)5(19)3-20-6/h1,3H,19H2. The SMILES string of the molecule is N#Cc1cc(-c2c(Cl)c(Cl)c(Cl)c(Cl)c2Cl)ncc1N. The van der Waals surface area contributed by atoms with E-state index in [9.17, 15) is 0 Å². The van der Waals surface area contributed by atoms with Gasteiger partial charge in [-0.1, -0.05) is 58.0 Å². The molecule has 0 fully saturated rings. The topological polar surface area (TPSA) is 62.7 Å². The average Bonchev–Trinajstić information content (AvgIpc) is 2.45. The number of rotatable bonds is 1. The molecule has 0 unspecified atom stereocenters. The van der Waals surface area contributed by atoms with Gasteiger partial charge in [0.05, 0.1) is 48.3 Å². The summed E-state index contributed by atoms with van der Waals surface area (Å²) in [5, 5.41) is 9.38. The summed E-state index contributed by atoms with van der Waals surface area (Å²) in [5.41, 5.74) is 6.72. The fourth-order valence-corrected chi connectivity index (χ4v) is 2.86. The number of benzene rings is 1. The van der Waals surface area contributed by atoms with Gasteiger partial charge in [0.25, 0.3) is 0 Å². The molecule has 8 heteroatoms. The lowest BCUT2D eigenvalue weighted by Gasteiger charge is -2.12. The van der Waals surface area contributed by atoms with Crippen molar-refractivity contribution in [2.75, 3.05) is 5.73 Å². The van der Waals surface area contributed by atoms with Gasteiger partial charge < -0.3 is 5.73 Å². The van der Waals surface area contributed by atoms with E-state index < -0.39 is 0 Å². The Labute approximate surface area is 139 Å². The minimum atomic E-state index is 0.0584. The van der Waals surface area contributed by atoms with E-state index in [2.05, 4.69) is 4.98 Å². The molecule has 0 bridgehead atoms. The average molecular weight is 367 g/mol. The van der Waals surface area contributed by atoms with Gasteiger partial charge in [-0.3, -0.25) is 4.98 Å². The van der Waals surface area contributed by atoms with E-state index in [0.717, 1.165) is 0 Å². The van der Waals surface area contributed by atoms with Crippen LogP contribution in [-0.4, -0.2) is 4.98 Å². The van der Waals surface area contributed by atoms with Gasteiger partial charge in [0.2, 0.25) is 0 Å². The predicted octanol–water partition coefficient (Wildman–Crippen LogP) is 5.47. The molecular weight excluding hydrogens is 363 g/mol. The van der Waals surface area contributed by atoms with Crippen molar-refractivity contribution in [2.24, 2.45) is 0 Å². The molecule has 20 heavy (non-hydrogen) atoms. The molecule has 2 aromatic rings. The molecule has 0 aliphatic rings. The second-order valence-corrected chi connectivity index (χ2v) is 5.60. The number of anilines is 1. The first-order valence-electron chi connectivity index (χ1n) is 5.06. The second-order valence-electron chi connectivity index (χ2n) is 3.71. The Morgan fingerprint density at radius 2 is 1.45 bits per heavy atom. The molecule has 0 atom stereocenters. The van der Waals surface area contributed by atoms with E-state index >= 15 is 0 Å². The van der Waals surface area contributed by atoms with Crippen molar-refractivity contribution in [1.82, 2.24) is 4.98 Å². The molecule has 0 aliphatic heterocycles. The summed E-state index contributed by atoms with van der Waals surface area (Å²) in [6.45, 7) is 0. The van der Waals surface area contributed by atoms with Crippen molar-refractivity contribution < 1.29 is 0 Å². The maximum Gasteiger partial charge on any atom is 0.101 e. The van der Waals surface area contributed by atoms with Gasteiger partial charge in [-0.25, -0.2) is 0 Å². The van der Waals surface area contributed by atoms with Gasteiger partial charge in [0.1, 0.15) is 6.07 Å². The molecule has 2 N–H and O–H groups in total. The number of halogens is 5. The number of hydrogen-bond acceptors (Lipinski definition) is 3. The lowest BCUT2D eigenvalue weighted by atomic mass is 10.1. The quantitative estimate of drug-likeness (QED) is 0.537. The summed E-state index contributed by atoms with van der Waals surface area (Å²) in [4.78, 5) is 4.09. The third-order valence-electron chi connectivity index (χ3n) is 2.52. The van der Waals surface area contributed by atoms with E-state index in [-0.39, 0.29) is 36.4 Å². The minimum absolute atomic E-state index is 0.0584. The van der Waals surface area contributed by atoms with Crippen LogP contribution >= 0.6 is 58.0 Å². The van der Waals surface area contributed by atoms with Crippen LogP contribution in [0, 0.1) is 11.3 Å². The van der Waals surface area contributed by atoms with Crippen LogP contribution in [0.1, 0.15) is 5.56 Å². The molecule has 0 amide bonds. The zero-order valence-electron chi connectivity index (χ0n) is 9.52. The predicted molar refractivity (Wildman–Crippen MR) is 83.9 cm³/mol. The number of nitrogens with zero attached hydrogens (tertiary/aromatic N) is 2. The highest BCUT2D eigenvalue weighted by molar-refractivity contribution is 6.56. The van der Waals surface area contributed by atoms with Crippen molar-refractivity contribution in [3.05, 3.63) is 42.9 Å². The van der Waals surface area contributed by atoms with Gasteiger partial charge >= 0.3 is 0 Å². The number of pyridine rings is 1. The maximum absolute atomic E-state index is 8.98. The van der Waals surface area contributed by atoms with Crippen LogP contribution in [0.3, 0.4) is 0 Å². The van der Waals surface area contributed by atoms with Crippen molar-refractivity contribution in [3.8, 4) is 17.3 Å². The molecule has 0 spiro atoms. The monoisotopic (exact) mass is 365 g/mol. The summed E-state index contributed by atoms with van der Waals surface area (Å²) >= 11 is 30.2. The van der Waals surface area contributed by atoms with Crippen molar-refractivity contribution in [3.63, 3.8) is 0 Å². The number of aromatic nitrogens is 1. The minimum Gasteiger partial charge on any atom is -0.396 e. The van der Waals surface area contributed by atoms with E-state index in [1.165, 1.54) is 12.3 Å². The molecule has 0 radical (unpaired) electrons. The highest BCUT2D eigenvalue weighted by Gasteiger charge is 2.21. The van der Waals surface area contributed by atoms with Crippen LogP contribution in [0.25, 0.3) is 11.3 Å². The van der Waals surface area contributed by atoms with Crippen LogP contribution in [0.2, 0.25) is 25.1 Å². The zero-order chi connectivity index (χ0) is 15.0. The molecule has 0 saturated carbocycles. The van der Waals surface area contributed by atoms with Crippen molar-refractivity contribution in [1.29, 1.82) is 5.26 Å². The van der Waals surface area contributed by atoms with Crippen LogP contribution in [0.15, 0.2) is 12.3 Å². The van der Waals surface area contributed by atoms with Gasteiger partial charge in [-0.05, 0) is 6.07 Å². The fraction of sp³-hybridized carbons (Fsp3) is 0. The highest BCUT2D eigenvalue weighted by Crippen LogP contribution is 2.47. The Bertz CT molecular complexity index is 723. The maximum atomic E-state index is 8.98. The fourth-order valence-electron chi connectivity index (χ4n) is 1.53. The summed E-state index contributed by atoms with van der Waals surface area (Å²) in [6.07, 6.45) is 1.33. The molecular formula is C12H4Cl5N3. The zero-order valence-corrected chi connectivity index (χ0v) is 13.3. The lowest BCUT2D eigenvalue weighted by molar-refractivity contribution is 1.31. The lowest BCUT2D eigenvalue weighted by Crippen LogP contribution is -1.95. The first-order chi connectivity index (χ1) is 9.38. The summed E-state index contributed by atoms with van der Waals surface area (Å²) < 4.78 is 0. The Hall–Kier alpha value is -0.890. The van der Waals surface area contributed by atoms with Crippen LogP contribution in [0.5, 0.6) is 0 Å².